The zero-order valence-corrected chi connectivity index (χ0v) is 16.0. The molecule has 9 heteroatoms. The number of thiocarbonyl (C=S) groups is 1. The van der Waals surface area contributed by atoms with E-state index in [4.69, 9.17) is 34.3 Å². The predicted octanol–water partition coefficient (Wildman–Crippen LogP) is 2.88. The van der Waals surface area contributed by atoms with Gasteiger partial charge in [0.2, 0.25) is 0 Å². The SMILES string of the molecule is NC(=O)c1c(NC(=S)NC(=O)COc2ccc(Cl)cc2)sc2c1CCC2. The summed E-state index contributed by atoms with van der Waals surface area (Å²) in [7, 11) is 0. The molecule has 2 aromatic rings. The summed E-state index contributed by atoms with van der Waals surface area (Å²) in [5.74, 6) is -0.386. The lowest BCUT2D eigenvalue weighted by atomic mass is 10.1. The van der Waals surface area contributed by atoms with Crippen molar-refractivity contribution >= 4 is 57.1 Å². The zero-order chi connectivity index (χ0) is 18.7. The highest BCUT2D eigenvalue weighted by Gasteiger charge is 2.25. The van der Waals surface area contributed by atoms with E-state index in [2.05, 4.69) is 10.6 Å². The Morgan fingerprint density at radius 2 is 2.00 bits per heavy atom. The minimum Gasteiger partial charge on any atom is -0.484 e. The van der Waals surface area contributed by atoms with Gasteiger partial charge in [-0.1, -0.05) is 11.6 Å². The van der Waals surface area contributed by atoms with Gasteiger partial charge in [0.05, 0.1) is 5.56 Å². The van der Waals surface area contributed by atoms with Gasteiger partial charge in [-0.2, -0.15) is 0 Å². The molecule has 6 nitrogen and oxygen atoms in total. The van der Waals surface area contributed by atoms with Crippen molar-refractivity contribution < 1.29 is 14.3 Å². The smallest absolute Gasteiger partial charge is 0.264 e. The number of primary amides is 1. The number of fused-ring (bicyclic) bond motifs is 1. The van der Waals surface area contributed by atoms with Gasteiger partial charge in [0, 0.05) is 9.90 Å². The first-order valence-corrected chi connectivity index (χ1v) is 9.48. The van der Waals surface area contributed by atoms with Crippen LogP contribution >= 0.6 is 35.2 Å². The van der Waals surface area contributed by atoms with Crippen LogP contribution in [0.15, 0.2) is 24.3 Å². The first kappa shape index (κ1) is 18.6. The normalized spacial score (nSPS) is 12.3. The van der Waals surface area contributed by atoms with E-state index < -0.39 is 11.8 Å². The van der Waals surface area contributed by atoms with Crippen LogP contribution in [0.2, 0.25) is 5.02 Å². The largest absolute Gasteiger partial charge is 0.484 e. The molecular weight excluding hydrogens is 394 g/mol. The van der Waals surface area contributed by atoms with Gasteiger partial charge in [0.25, 0.3) is 11.8 Å². The Hall–Kier alpha value is -2.16. The van der Waals surface area contributed by atoms with E-state index in [0.29, 0.717) is 21.3 Å². The van der Waals surface area contributed by atoms with Crippen molar-refractivity contribution in [1.82, 2.24) is 5.32 Å². The second-order valence-corrected chi connectivity index (χ2v) is 7.62. The van der Waals surface area contributed by atoms with Crippen LogP contribution in [0.5, 0.6) is 5.75 Å². The highest BCUT2D eigenvalue weighted by molar-refractivity contribution is 7.80. The van der Waals surface area contributed by atoms with Crippen LogP contribution < -0.4 is 21.1 Å². The minimum atomic E-state index is -0.493. The minimum absolute atomic E-state index is 0.0946. The van der Waals surface area contributed by atoms with Crippen LogP contribution in [-0.4, -0.2) is 23.5 Å². The summed E-state index contributed by atoms with van der Waals surface area (Å²) in [6.45, 7) is -0.201. The van der Waals surface area contributed by atoms with Crippen LogP contribution in [0.1, 0.15) is 27.2 Å². The van der Waals surface area contributed by atoms with Crippen molar-refractivity contribution in [3.05, 3.63) is 45.3 Å². The summed E-state index contributed by atoms with van der Waals surface area (Å²) in [5, 5.41) is 6.68. The van der Waals surface area contributed by atoms with E-state index in [9.17, 15) is 9.59 Å². The molecule has 1 heterocycles. The Labute approximate surface area is 164 Å². The fourth-order valence-electron chi connectivity index (χ4n) is 2.73. The number of hydrogen-bond acceptors (Lipinski definition) is 5. The van der Waals surface area contributed by atoms with Crippen molar-refractivity contribution in [3.8, 4) is 5.75 Å². The number of carbonyl (C=O) groups excluding carboxylic acids is 2. The number of anilines is 1. The highest BCUT2D eigenvalue weighted by atomic mass is 35.5. The van der Waals surface area contributed by atoms with Crippen molar-refractivity contribution in [2.45, 2.75) is 19.3 Å². The molecule has 1 aliphatic carbocycles. The molecule has 0 unspecified atom stereocenters. The number of benzene rings is 1. The number of carbonyl (C=O) groups is 2. The first-order valence-electron chi connectivity index (χ1n) is 7.87. The Morgan fingerprint density at radius 1 is 1.27 bits per heavy atom. The van der Waals surface area contributed by atoms with E-state index in [1.165, 1.54) is 11.3 Å². The average molecular weight is 410 g/mol. The summed E-state index contributed by atoms with van der Waals surface area (Å²) in [4.78, 5) is 24.9. The number of nitrogens with one attached hydrogen (secondary N) is 2. The monoisotopic (exact) mass is 409 g/mol. The van der Waals surface area contributed by atoms with Gasteiger partial charge in [0.15, 0.2) is 11.7 Å². The molecule has 0 aliphatic heterocycles. The number of rotatable bonds is 5. The number of halogens is 1. The van der Waals surface area contributed by atoms with Gasteiger partial charge >= 0.3 is 0 Å². The third kappa shape index (κ3) is 4.32. The van der Waals surface area contributed by atoms with Gasteiger partial charge < -0.3 is 15.8 Å². The molecule has 0 radical (unpaired) electrons. The zero-order valence-electron chi connectivity index (χ0n) is 13.6. The molecule has 4 N–H and O–H groups in total. The summed E-state index contributed by atoms with van der Waals surface area (Å²) < 4.78 is 5.36. The van der Waals surface area contributed by atoms with Crippen LogP contribution in [-0.2, 0) is 17.6 Å². The van der Waals surface area contributed by atoms with Crippen LogP contribution in [0, 0.1) is 0 Å². The molecule has 3 rings (SSSR count). The van der Waals surface area contributed by atoms with Crippen molar-refractivity contribution in [3.63, 3.8) is 0 Å². The maximum Gasteiger partial charge on any atom is 0.264 e. The summed E-state index contributed by atoms with van der Waals surface area (Å²) >= 11 is 12.4. The molecule has 0 fully saturated rings. The fourth-order valence-corrected chi connectivity index (χ4v) is 4.44. The Balaban J connectivity index is 1.56. The molecule has 26 heavy (non-hydrogen) atoms. The van der Waals surface area contributed by atoms with Crippen molar-refractivity contribution in [2.75, 3.05) is 11.9 Å². The molecule has 1 aliphatic rings. The molecule has 0 saturated carbocycles. The lowest BCUT2D eigenvalue weighted by Crippen LogP contribution is -2.37. The lowest BCUT2D eigenvalue weighted by Gasteiger charge is -2.10. The molecule has 2 amide bonds. The quantitative estimate of drug-likeness (QED) is 0.660. The highest BCUT2D eigenvalue weighted by Crippen LogP contribution is 2.38. The van der Waals surface area contributed by atoms with Gasteiger partial charge in [0.1, 0.15) is 10.8 Å². The van der Waals surface area contributed by atoms with Crippen molar-refractivity contribution in [1.29, 1.82) is 0 Å². The summed E-state index contributed by atoms with van der Waals surface area (Å²) in [5.41, 5.74) is 6.96. The van der Waals surface area contributed by atoms with E-state index >= 15 is 0 Å². The number of aryl methyl sites for hydroxylation is 1. The average Bonchev–Trinajstić information content (AvgIpc) is 3.14. The molecule has 136 valence electrons. The fraction of sp³-hybridized carbons (Fsp3) is 0.235. The number of ether oxygens (including phenoxy) is 1. The van der Waals surface area contributed by atoms with Crippen LogP contribution in [0.25, 0.3) is 0 Å². The van der Waals surface area contributed by atoms with Crippen LogP contribution in [0.3, 0.4) is 0 Å². The topological polar surface area (TPSA) is 93.5 Å². The van der Waals surface area contributed by atoms with E-state index in [1.807, 2.05) is 0 Å². The number of amides is 2. The number of hydrogen-bond donors (Lipinski definition) is 3. The molecule has 1 aromatic carbocycles. The number of thiophene rings is 1. The third-order valence-electron chi connectivity index (χ3n) is 3.83. The Kier molecular flexibility index (Phi) is 5.75. The molecule has 1 aromatic heterocycles. The molecule has 0 saturated heterocycles. The predicted molar refractivity (Wildman–Crippen MR) is 106 cm³/mol. The standard InChI is InChI=1S/C17H16ClN3O3S2/c18-9-4-6-10(7-5-9)24-8-13(22)20-17(25)21-16-14(15(19)23)11-2-1-3-12(11)26-16/h4-7H,1-3,8H2,(H2,19,23)(H2,20,21,22,25). The Bertz CT molecular complexity index is 865. The molecular formula is C17H16ClN3O3S2. The van der Waals surface area contributed by atoms with Gasteiger partial charge in [-0.3, -0.25) is 14.9 Å². The van der Waals surface area contributed by atoms with Gasteiger partial charge in [-0.25, -0.2) is 0 Å². The third-order valence-corrected chi connectivity index (χ3v) is 5.49. The van der Waals surface area contributed by atoms with Crippen LogP contribution in [0.4, 0.5) is 5.00 Å². The number of nitrogens with two attached hydrogens (primary N) is 1. The maximum atomic E-state index is 12.0. The van der Waals surface area contributed by atoms with Gasteiger partial charge in [-0.05, 0) is 61.3 Å². The molecule has 0 bridgehead atoms. The van der Waals surface area contributed by atoms with Gasteiger partial charge in [-0.15, -0.1) is 11.3 Å². The first-order chi connectivity index (χ1) is 12.4. The molecule has 0 atom stereocenters. The second kappa shape index (κ2) is 8.03. The van der Waals surface area contributed by atoms with E-state index in [-0.39, 0.29) is 11.7 Å². The maximum absolute atomic E-state index is 12.0. The summed E-state index contributed by atoms with van der Waals surface area (Å²) in [6, 6.07) is 6.67. The van der Waals surface area contributed by atoms with E-state index in [1.54, 1.807) is 24.3 Å². The van der Waals surface area contributed by atoms with E-state index in [0.717, 1.165) is 29.7 Å². The summed E-state index contributed by atoms with van der Waals surface area (Å²) in [6.07, 6.45) is 2.78. The lowest BCUT2D eigenvalue weighted by molar-refractivity contribution is -0.121. The molecule has 0 spiro atoms. The Morgan fingerprint density at radius 3 is 2.69 bits per heavy atom. The second-order valence-electron chi connectivity index (χ2n) is 5.67. The van der Waals surface area contributed by atoms with Crippen molar-refractivity contribution in [2.24, 2.45) is 5.73 Å².